The van der Waals surface area contributed by atoms with Gasteiger partial charge in [0.2, 0.25) is 0 Å². The zero-order valence-electron chi connectivity index (χ0n) is 9.41. The van der Waals surface area contributed by atoms with Crippen molar-refractivity contribution in [2.24, 2.45) is 0 Å². The number of halogens is 2. The number of hydrogen-bond acceptors (Lipinski definition) is 2. The van der Waals surface area contributed by atoms with Crippen LogP contribution in [0.15, 0.2) is 50.0 Å². The Hall–Kier alpha value is -0.580. The first-order valence-electron chi connectivity index (χ1n) is 5.38. The molecule has 90 valence electrons. The summed E-state index contributed by atoms with van der Waals surface area (Å²) < 4.78 is 7.31. The number of furan rings is 1. The molecule has 1 atom stereocenters. The standard InChI is InChI=1S/C13H13Br2NO/c1-9(10-3-2-4-11(14)7-10)16-8-12-5-6-13(15)17-12/h2-7,9,16H,8H2,1H3/t9-/m1/s1. The zero-order chi connectivity index (χ0) is 12.3. The molecule has 0 radical (unpaired) electrons. The Morgan fingerprint density at radius 1 is 1.24 bits per heavy atom. The van der Waals surface area contributed by atoms with Crippen molar-refractivity contribution in [3.8, 4) is 0 Å². The second-order valence-corrected chi connectivity index (χ2v) is 5.56. The Morgan fingerprint density at radius 2 is 2.06 bits per heavy atom. The molecular weight excluding hydrogens is 346 g/mol. The lowest BCUT2D eigenvalue weighted by Crippen LogP contribution is -2.17. The highest BCUT2D eigenvalue weighted by molar-refractivity contribution is 9.10. The van der Waals surface area contributed by atoms with E-state index in [1.54, 1.807) is 0 Å². The highest BCUT2D eigenvalue weighted by Gasteiger charge is 2.06. The SMILES string of the molecule is C[C@@H](NCc1ccc(Br)o1)c1cccc(Br)c1. The third-order valence-corrected chi connectivity index (χ3v) is 3.48. The highest BCUT2D eigenvalue weighted by atomic mass is 79.9. The van der Waals surface area contributed by atoms with Gasteiger partial charge in [-0.15, -0.1) is 0 Å². The summed E-state index contributed by atoms with van der Waals surface area (Å²) in [5.41, 5.74) is 1.25. The molecule has 2 aromatic rings. The fraction of sp³-hybridized carbons (Fsp3) is 0.231. The van der Waals surface area contributed by atoms with Gasteiger partial charge in [0.1, 0.15) is 5.76 Å². The molecule has 0 bridgehead atoms. The lowest BCUT2D eigenvalue weighted by molar-refractivity contribution is 0.447. The first kappa shape index (κ1) is 12.9. The fourth-order valence-corrected chi connectivity index (χ4v) is 2.35. The molecule has 0 amide bonds. The average molecular weight is 359 g/mol. The summed E-state index contributed by atoms with van der Waals surface area (Å²) >= 11 is 6.77. The van der Waals surface area contributed by atoms with Crippen LogP contribution in [0.25, 0.3) is 0 Å². The molecule has 1 aromatic carbocycles. The third-order valence-electron chi connectivity index (χ3n) is 2.56. The van der Waals surface area contributed by atoms with Gasteiger partial charge in [-0.05, 0) is 52.7 Å². The number of benzene rings is 1. The Bertz CT molecular complexity index is 496. The van der Waals surface area contributed by atoms with Crippen molar-refractivity contribution in [2.75, 3.05) is 0 Å². The van der Waals surface area contributed by atoms with E-state index in [-0.39, 0.29) is 6.04 Å². The number of hydrogen-bond donors (Lipinski definition) is 1. The van der Waals surface area contributed by atoms with Crippen LogP contribution in [0.3, 0.4) is 0 Å². The first-order valence-corrected chi connectivity index (χ1v) is 6.97. The van der Waals surface area contributed by atoms with Gasteiger partial charge in [0.05, 0.1) is 6.54 Å². The Labute approximate surface area is 118 Å². The van der Waals surface area contributed by atoms with Crippen LogP contribution in [0.1, 0.15) is 24.3 Å². The average Bonchev–Trinajstić information content (AvgIpc) is 2.72. The molecule has 1 aromatic heterocycles. The maximum Gasteiger partial charge on any atom is 0.169 e. The summed E-state index contributed by atoms with van der Waals surface area (Å²) in [6.07, 6.45) is 0. The normalized spacial score (nSPS) is 12.6. The smallest absolute Gasteiger partial charge is 0.169 e. The van der Waals surface area contributed by atoms with Crippen LogP contribution in [0, 0.1) is 0 Å². The molecule has 0 saturated carbocycles. The van der Waals surface area contributed by atoms with Crippen LogP contribution in [0.4, 0.5) is 0 Å². The highest BCUT2D eigenvalue weighted by Crippen LogP contribution is 2.19. The molecule has 0 aliphatic carbocycles. The predicted molar refractivity (Wildman–Crippen MR) is 75.8 cm³/mol. The number of rotatable bonds is 4. The Balaban J connectivity index is 1.95. The number of nitrogens with one attached hydrogen (secondary N) is 1. The molecule has 0 aliphatic heterocycles. The molecule has 0 aliphatic rings. The summed E-state index contributed by atoms with van der Waals surface area (Å²) in [5, 5.41) is 3.42. The van der Waals surface area contributed by atoms with Gasteiger partial charge in [0.25, 0.3) is 0 Å². The topological polar surface area (TPSA) is 25.2 Å². The molecule has 0 saturated heterocycles. The van der Waals surface area contributed by atoms with E-state index in [0.717, 1.165) is 21.4 Å². The van der Waals surface area contributed by atoms with Crippen LogP contribution >= 0.6 is 31.9 Å². The minimum Gasteiger partial charge on any atom is -0.453 e. The second kappa shape index (κ2) is 5.85. The van der Waals surface area contributed by atoms with E-state index >= 15 is 0 Å². The molecule has 0 unspecified atom stereocenters. The maximum atomic E-state index is 5.44. The molecule has 0 fully saturated rings. The van der Waals surface area contributed by atoms with Crippen molar-refractivity contribution < 1.29 is 4.42 Å². The van der Waals surface area contributed by atoms with E-state index < -0.39 is 0 Å². The van der Waals surface area contributed by atoms with Crippen molar-refractivity contribution in [1.82, 2.24) is 5.32 Å². The van der Waals surface area contributed by atoms with Crippen molar-refractivity contribution in [1.29, 1.82) is 0 Å². The van der Waals surface area contributed by atoms with Crippen molar-refractivity contribution in [3.05, 3.63) is 56.9 Å². The molecule has 1 heterocycles. The van der Waals surface area contributed by atoms with E-state index in [0.29, 0.717) is 0 Å². The molecule has 1 N–H and O–H groups in total. The summed E-state index contributed by atoms with van der Waals surface area (Å²) in [7, 11) is 0. The van der Waals surface area contributed by atoms with Crippen LogP contribution in [0.5, 0.6) is 0 Å². The van der Waals surface area contributed by atoms with Crippen LogP contribution < -0.4 is 5.32 Å². The molecule has 4 heteroatoms. The van der Waals surface area contributed by atoms with E-state index in [2.05, 4.69) is 56.2 Å². The summed E-state index contributed by atoms with van der Waals surface area (Å²) in [6, 6.07) is 12.5. The lowest BCUT2D eigenvalue weighted by atomic mass is 10.1. The summed E-state index contributed by atoms with van der Waals surface area (Å²) in [5.74, 6) is 0.929. The van der Waals surface area contributed by atoms with Gasteiger partial charge in [0, 0.05) is 10.5 Å². The predicted octanol–water partition coefficient (Wildman–Crippen LogP) is 4.66. The van der Waals surface area contributed by atoms with Gasteiger partial charge in [-0.25, -0.2) is 0 Å². The second-order valence-electron chi connectivity index (χ2n) is 3.86. The molecule has 17 heavy (non-hydrogen) atoms. The Morgan fingerprint density at radius 3 is 2.71 bits per heavy atom. The van der Waals surface area contributed by atoms with Crippen molar-refractivity contribution >= 4 is 31.9 Å². The van der Waals surface area contributed by atoms with E-state index in [4.69, 9.17) is 4.42 Å². The zero-order valence-corrected chi connectivity index (χ0v) is 12.6. The van der Waals surface area contributed by atoms with Gasteiger partial charge in [-0.3, -0.25) is 0 Å². The monoisotopic (exact) mass is 357 g/mol. The molecule has 2 nitrogen and oxygen atoms in total. The van der Waals surface area contributed by atoms with E-state index in [9.17, 15) is 0 Å². The van der Waals surface area contributed by atoms with Gasteiger partial charge in [-0.1, -0.05) is 28.1 Å². The minimum atomic E-state index is 0.288. The minimum absolute atomic E-state index is 0.288. The first-order chi connectivity index (χ1) is 8.15. The lowest BCUT2D eigenvalue weighted by Gasteiger charge is -2.13. The van der Waals surface area contributed by atoms with Crippen LogP contribution in [-0.2, 0) is 6.54 Å². The quantitative estimate of drug-likeness (QED) is 0.860. The maximum absolute atomic E-state index is 5.44. The van der Waals surface area contributed by atoms with E-state index in [1.807, 2.05) is 24.3 Å². The van der Waals surface area contributed by atoms with Crippen molar-refractivity contribution in [3.63, 3.8) is 0 Å². The fourth-order valence-electron chi connectivity index (χ4n) is 1.59. The summed E-state index contributed by atoms with van der Waals surface area (Å²) in [4.78, 5) is 0. The van der Waals surface area contributed by atoms with E-state index in [1.165, 1.54) is 5.56 Å². The van der Waals surface area contributed by atoms with Gasteiger partial charge in [0.15, 0.2) is 4.67 Å². The van der Waals surface area contributed by atoms with Gasteiger partial charge >= 0.3 is 0 Å². The third kappa shape index (κ3) is 3.69. The molecule has 2 rings (SSSR count). The van der Waals surface area contributed by atoms with Gasteiger partial charge < -0.3 is 9.73 Å². The summed E-state index contributed by atoms with van der Waals surface area (Å²) in [6.45, 7) is 2.86. The van der Waals surface area contributed by atoms with Crippen LogP contribution in [0.2, 0.25) is 0 Å². The molecule has 0 spiro atoms. The van der Waals surface area contributed by atoms with Crippen LogP contribution in [-0.4, -0.2) is 0 Å². The van der Waals surface area contributed by atoms with Gasteiger partial charge in [-0.2, -0.15) is 0 Å². The van der Waals surface area contributed by atoms with Crippen molar-refractivity contribution in [2.45, 2.75) is 19.5 Å². The molecular formula is C13H13Br2NO. The Kier molecular flexibility index (Phi) is 4.42. The largest absolute Gasteiger partial charge is 0.453 e.